The summed E-state index contributed by atoms with van der Waals surface area (Å²) in [5.41, 5.74) is 0.253. The van der Waals surface area contributed by atoms with Gasteiger partial charge in [0, 0.05) is 13.1 Å². The van der Waals surface area contributed by atoms with Crippen LogP contribution >= 0.6 is 11.6 Å². The summed E-state index contributed by atoms with van der Waals surface area (Å²) in [7, 11) is 0. The Morgan fingerprint density at radius 1 is 1.40 bits per heavy atom. The van der Waals surface area contributed by atoms with Crippen molar-refractivity contribution in [3.05, 3.63) is 28.8 Å². The van der Waals surface area contributed by atoms with Crippen LogP contribution in [0.15, 0.2) is 18.2 Å². The van der Waals surface area contributed by atoms with Gasteiger partial charge in [-0.05, 0) is 31.5 Å². The molecule has 1 aromatic carbocycles. The Labute approximate surface area is 94.7 Å². The minimum atomic E-state index is -0.722. The Balaban J connectivity index is 2.48. The molecule has 0 radical (unpaired) electrons. The van der Waals surface area contributed by atoms with Gasteiger partial charge in [0.1, 0.15) is 5.75 Å². The number of phenolic OH excluding ortho intramolecular Hbond substituents is 1. The van der Waals surface area contributed by atoms with E-state index in [0.29, 0.717) is 18.1 Å². The van der Waals surface area contributed by atoms with Crippen LogP contribution in [0, 0.1) is 0 Å². The van der Waals surface area contributed by atoms with Gasteiger partial charge in [0.15, 0.2) is 0 Å². The Hall–Kier alpha value is -0.770. The first kappa shape index (κ1) is 12.3. The van der Waals surface area contributed by atoms with E-state index in [1.54, 1.807) is 32.0 Å². The number of halogens is 1. The van der Waals surface area contributed by atoms with E-state index in [-0.39, 0.29) is 5.75 Å². The molecule has 0 atom stereocenters. The molecule has 15 heavy (non-hydrogen) atoms. The van der Waals surface area contributed by atoms with Gasteiger partial charge in [0.2, 0.25) is 0 Å². The van der Waals surface area contributed by atoms with E-state index < -0.39 is 5.60 Å². The number of nitrogens with one attached hydrogen (secondary N) is 1. The Bertz CT molecular complexity index is 334. The van der Waals surface area contributed by atoms with Crippen LogP contribution in [0.1, 0.15) is 19.4 Å². The summed E-state index contributed by atoms with van der Waals surface area (Å²) in [5, 5.41) is 22.1. The van der Waals surface area contributed by atoms with Crippen LogP contribution in [0.2, 0.25) is 5.02 Å². The lowest BCUT2D eigenvalue weighted by Crippen LogP contribution is -2.34. The van der Waals surface area contributed by atoms with Crippen molar-refractivity contribution in [2.45, 2.75) is 26.0 Å². The summed E-state index contributed by atoms with van der Waals surface area (Å²) < 4.78 is 0. The second kappa shape index (κ2) is 4.84. The molecule has 0 heterocycles. The molecule has 84 valence electrons. The number of aromatic hydroxyl groups is 1. The third kappa shape index (κ3) is 4.51. The van der Waals surface area contributed by atoms with Crippen LogP contribution in [0.25, 0.3) is 0 Å². The van der Waals surface area contributed by atoms with Crippen molar-refractivity contribution in [2.75, 3.05) is 6.54 Å². The lowest BCUT2D eigenvalue weighted by Gasteiger charge is -2.17. The molecule has 0 bridgehead atoms. The zero-order valence-corrected chi connectivity index (χ0v) is 9.67. The zero-order chi connectivity index (χ0) is 11.5. The fraction of sp³-hybridized carbons (Fsp3) is 0.455. The smallest absolute Gasteiger partial charge is 0.134 e. The van der Waals surface area contributed by atoms with Gasteiger partial charge < -0.3 is 15.5 Å². The van der Waals surface area contributed by atoms with E-state index in [1.807, 2.05) is 0 Å². The van der Waals surface area contributed by atoms with E-state index in [9.17, 15) is 10.2 Å². The highest BCUT2D eigenvalue weighted by Gasteiger charge is 2.11. The van der Waals surface area contributed by atoms with Gasteiger partial charge in [-0.15, -0.1) is 0 Å². The summed E-state index contributed by atoms with van der Waals surface area (Å²) in [6, 6.07) is 5.05. The molecule has 0 saturated carbocycles. The minimum Gasteiger partial charge on any atom is -0.506 e. The molecule has 3 N–H and O–H groups in total. The first-order chi connectivity index (χ1) is 6.88. The Morgan fingerprint density at radius 3 is 2.60 bits per heavy atom. The van der Waals surface area contributed by atoms with Crippen molar-refractivity contribution >= 4 is 11.6 Å². The fourth-order valence-electron chi connectivity index (χ4n) is 1.17. The van der Waals surface area contributed by atoms with Gasteiger partial charge in [-0.1, -0.05) is 17.7 Å². The van der Waals surface area contributed by atoms with Crippen LogP contribution in [-0.4, -0.2) is 22.4 Å². The zero-order valence-electron chi connectivity index (χ0n) is 8.92. The number of aliphatic hydroxyl groups is 1. The second-order valence-corrected chi connectivity index (χ2v) is 4.61. The normalized spacial score (nSPS) is 11.7. The van der Waals surface area contributed by atoms with E-state index in [0.717, 1.165) is 5.56 Å². The largest absolute Gasteiger partial charge is 0.506 e. The number of hydrogen-bond donors (Lipinski definition) is 3. The molecule has 1 rings (SSSR count). The highest BCUT2D eigenvalue weighted by molar-refractivity contribution is 6.32. The molecule has 3 nitrogen and oxygen atoms in total. The van der Waals surface area contributed by atoms with Crippen molar-refractivity contribution in [3.8, 4) is 5.75 Å². The van der Waals surface area contributed by atoms with Crippen LogP contribution in [0.3, 0.4) is 0 Å². The van der Waals surface area contributed by atoms with Gasteiger partial charge in [-0.3, -0.25) is 0 Å². The SMILES string of the molecule is CC(C)(O)CNCc1ccc(O)c(Cl)c1. The van der Waals surface area contributed by atoms with Crippen molar-refractivity contribution in [1.29, 1.82) is 0 Å². The lowest BCUT2D eigenvalue weighted by molar-refractivity contribution is 0.0795. The van der Waals surface area contributed by atoms with Crippen molar-refractivity contribution < 1.29 is 10.2 Å². The third-order valence-electron chi connectivity index (χ3n) is 1.90. The van der Waals surface area contributed by atoms with Gasteiger partial charge in [-0.25, -0.2) is 0 Å². The summed E-state index contributed by atoms with van der Waals surface area (Å²) in [4.78, 5) is 0. The lowest BCUT2D eigenvalue weighted by atomic mass is 10.1. The highest BCUT2D eigenvalue weighted by atomic mass is 35.5. The van der Waals surface area contributed by atoms with Crippen LogP contribution in [0.5, 0.6) is 5.75 Å². The molecule has 0 spiro atoms. The summed E-state index contributed by atoms with van der Waals surface area (Å²) in [6.45, 7) is 4.60. The molecule has 0 fully saturated rings. The third-order valence-corrected chi connectivity index (χ3v) is 2.20. The van der Waals surface area contributed by atoms with Crippen molar-refractivity contribution in [2.24, 2.45) is 0 Å². The maximum Gasteiger partial charge on any atom is 0.134 e. The summed E-state index contributed by atoms with van der Waals surface area (Å²) in [5.74, 6) is 0.0860. The summed E-state index contributed by atoms with van der Waals surface area (Å²) in [6.07, 6.45) is 0. The Morgan fingerprint density at radius 2 is 2.07 bits per heavy atom. The predicted molar refractivity (Wildman–Crippen MR) is 61.1 cm³/mol. The number of benzene rings is 1. The Kier molecular flexibility index (Phi) is 3.97. The van der Waals surface area contributed by atoms with Gasteiger partial charge >= 0.3 is 0 Å². The first-order valence-electron chi connectivity index (χ1n) is 4.79. The topological polar surface area (TPSA) is 52.5 Å². The maximum atomic E-state index is 9.47. The van der Waals surface area contributed by atoms with Gasteiger partial charge in [0.05, 0.1) is 10.6 Å². The maximum absolute atomic E-state index is 9.47. The molecule has 4 heteroatoms. The van der Waals surface area contributed by atoms with Crippen molar-refractivity contribution in [3.63, 3.8) is 0 Å². The molecular formula is C11H16ClNO2. The molecular weight excluding hydrogens is 214 g/mol. The van der Waals surface area contributed by atoms with Crippen LogP contribution < -0.4 is 5.32 Å². The molecule has 0 aromatic heterocycles. The standard InChI is InChI=1S/C11H16ClNO2/c1-11(2,15)7-13-6-8-3-4-10(14)9(12)5-8/h3-5,13-15H,6-7H2,1-2H3. The fourth-order valence-corrected chi connectivity index (χ4v) is 1.38. The minimum absolute atomic E-state index is 0.0860. The highest BCUT2D eigenvalue weighted by Crippen LogP contribution is 2.23. The second-order valence-electron chi connectivity index (χ2n) is 4.20. The van der Waals surface area contributed by atoms with Crippen LogP contribution in [0.4, 0.5) is 0 Å². The molecule has 0 amide bonds. The van der Waals surface area contributed by atoms with Gasteiger partial charge in [0.25, 0.3) is 0 Å². The molecule has 0 aliphatic rings. The number of rotatable bonds is 4. The average Bonchev–Trinajstić information content (AvgIpc) is 2.09. The van der Waals surface area contributed by atoms with Gasteiger partial charge in [-0.2, -0.15) is 0 Å². The molecule has 0 saturated heterocycles. The molecule has 0 aliphatic carbocycles. The van der Waals surface area contributed by atoms with E-state index in [4.69, 9.17) is 11.6 Å². The van der Waals surface area contributed by atoms with E-state index in [1.165, 1.54) is 0 Å². The average molecular weight is 230 g/mol. The number of phenols is 1. The van der Waals surface area contributed by atoms with Crippen molar-refractivity contribution in [1.82, 2.24) is 5.32 Å². The van der Waals surface area contributed by atoms with E-state index >= 15 is 0 Å². The van der Waals surface area contributed by atoms with E-state index in [2.05, 4.69) is 5.32 Å². The molecule has 0 unspecified atom stereocenters. The molecule has 0 aliphatic heterocycles. The monoisotopic (exact) mass is 229 g/mol. The quantitative estimate of drug-likeness (QED) is 0.739. The number of hydrogen-bond acceptors (Lipinski definition) is 3. The predicted octanol–water partition coefficient (Wildman–Crippen LogP) is 1.91. The molecule has 1 aromatic rings. The summed E-state index contributed by atoms with van der Waals surface area (Å²) >= 11 is 5.76. The first-order valence-corrected chi connectivity index (χ1v) is 5.17. The van der Waals surface area contributed by atoms with Crippen LogP contribution in [-0.2, 0) is 6.54 Å².